The van der Waals surface area contributed by atoms with E-state index in [1.165, 1.54) is 24.8 Å². The van der Waals surface area contributed by atoms with Gasteiger partial charge in [-0.05, 0) is 50.8 Å². The molecule has 1 aliphatic heterocycles. The van der Waals surface area contributed by atoms with Crippen molar-refractivity contribution in [2.75, 3.05) is 19.6 Å². The summed E-state index contributed by atoms with van der Waals surface area (Å²) in [6.45, 7) is 9.00. The second kappa shape index (κ2) is 6.53. The Labute approximate surface area is 123 Å². The summed E-state index contributed by atoms with van der Waals surface area (Å²) in [6, 6.07) is 10.8. The fourth-order valence-electron chi connectivity index (χ4n) is 2.97. The summed E-state index contributed by atoms with van der Waals surface area (Å²) in [5, 5.41) is 0. The van der Waals surface area contributed by atoms with Gasteiger partial charge in [-0.1, -0.05) is 44.2 Å². The molecule has 0 aromatic heterocycles. The number of hydrogen-bond acceptors (Lipinski definition) is 2. The molecule has 110 valence electrons. The van der Waals surface area contributed by atoms with Crippen LogP contribution >= 0.6 is 0 Å². The van der Waals surface area contributed by atoms with E-state index >= 15 is 0 Å². The molecule has 0 spiro atoms. The summed E-state index contributed by atoms with van der Waals surface area (Å²) in [5.41, 5.74) is 1.25. The number of rotatable bonds is 5. The van der Waals surface area contributed by atoms with Crippen molar-refractivity contribution in [2.45, 2.75) is 40.0 Å². The summed E-state index contributed by atoms with van der Waals surface area (Å²) < 4.78 is 0. The van der Waals surface area contributed by atoms with Gasteiger partial charge in [-0.15, -0.1) is 0 Å². The molecular formula is C18H27NO. The first-order valence-corrected chi connectivity index (χ1v) is 7.75. The molecule has 0 N–H and O–H groups in total. The second-order valence-electron chi connectivity index (χ2n) is 6.85. The SMILES string of the molecule is CC(=O)C(C)(C)CN1CCC(Cc2ccccc2)CC1. The van der Waals surface area contributed by atoms with Crippen molar-refractivity contribution in [3.8, 4) is 0 Å². The Balaban J connectivity index is 1.79. The third-order valence-electron chi connectivity index (χ3n) is 4.65. The topological polar surface area (TPSA) is 20.3 Å². The lowest BCUT2D eigenvalue weighted by atomic mass is 9.85. The highest BCUT2D eigenvalue weighted by Gasteiger charge is 2.28. The number of ketones is 1. The largest absolute Gasteiger partial charge is 0.302 e. The maximum absolute atomic E-state index is 11.6. The zero-order valence-corrected chi connectivity index (χ0v) is 13.1. The van der Waals surface area contributed by atoms with Crippen molar-refractivity contribution in [1.82, 2.24) is 4.90 Å². The number of hydrogen-bond donors (Lipinski definition) is 0. The van der Waals surface area contributed by atoms with Gasteiger partial charge in [0.05, 0.1) is 0 Å². The van der Waals surface area contributed by atoms with E-state index in [-0.39, 0.29) is 5.41 Å². The Bertz CT molecular complexity index is 430. The van der Waals surface area contributed by atoms with Crippen LogP contribution in [-0.4, -0.2) is 30.3 Å². The molecule has 1 aromatic carbocycles. The number of carbonyl (C=O) groups excluding carboxylic acids is 1. The molecule has 1 fully saturated rings. The lowest BCUT2D eigenvalue weighted by Gasteiger charge is -2.36. The number of carbonyl (C=O) groups is 1. The van der Waals surface area contributed by atoms with Crippen LogP contribution in [0.5, 0.6) is 0 Å². The average molecular weight is 273 g/mol. The molecule has 0 bridgehead atoms. The first-order chi connectivity index (χ1) is 9.47. The van der Waals surface area contributed by atoms with E-state index in [2.05, 4.69) is 49.1 Å². The number of piperidine rings is 1. The maximum atomic E-state index is 11.6. The van der Waals surface area contributed by atoms with Crippen molar-refractivity contribution in [1.29, 1.82) is 0 Å². The monoisotopic (exact) mass is 273 g/mol. The Morgan fingerprint density at radius 2 is 1.80 bits per heavy atom. The van der Waals surface area contributed by atoms with Gasteiger partial charge < -0.3 is 4.90 Å². The second-order valence-corrected chi connectivity index (χ2v) is 6.85. The van der Waals surface area contributed by atoms with E-state index < -0.39 is 0 Å². The molecule has 1 heterocycles. The zero-order chi connectivity index (χ0) is 14.6. The van der Waals surface area contributed by atoms with Crippen LogP contribution in [0.4, 0.5) is 0 Å². The highest BCUT2D eigenvalue weighted by molar-refractivity contribution is 5.81. The summed E-state index contributed by atoms with van der Waals surface area (Å²) >= 11 is 0. The van der Waals surface area contributed by atoms with Crippen LogP contribution in [0.3, 0.4) is 0 Å². The van der Waals surface area contributed by atoms with Crippen molar-refractivity contribution >= 4 is 5.78 Å². The zero-order valence-electron chi connectivity index (χ0n) is 13.1. The first kappa shape index (κ1) is 15.2. The predicted octanol–water partition coefficient (Wildman–Crippen LogP) is 3.56. The average Bonchev–Trinajstić information content (AvgIpc) is 2.42. The lowest BCUT2D eigenvalue weighted by Crippen LogP contribution is -2.42. The molecule has 0 saturated carbocycles. The predicted molar refractivity (Wildman–Crippen MR) is 83.8 cm³/mol. The number of Topliss-reactive ketones (excluding diaryl/α,β-unsaturated/α-hetero) is 1. The van der Waals surface area contributed by atoms with Gasteiger partial charge in [0.1, 0.15) is 5.78 Å². The van der Waals surface area contributed by atoms with Crippen LogP contribution in [0, 0.1) is 11.3 Å². The van der Waals surface area contributed by atoms with Gasteiger partial charge in [-0.25, -0.2) is 0 Å². The van der Waals surface area contributed by atoms with Gasteiger partial charge in [0.15, 0.2) is 0 Å². The van der Waals surface area contributed by atoms with E-state index in [0.29, 0.717) is 5.78 Å². The van der Waals surface area contributed by atoms with Crippen molar-refractivity contribution < 1.29 is 4.79 Å². The normalized spacial score (nSPS) is 18.1. The molecule has 20 heavy (non-hydrogen) atoms. The van der Waals surface area contributed by atoms with Gasteiger partial charge >= 0.3 is 0 Å². The first-order valence-electron chi connectivity index (χ1n) is 7.75. The van der Waals surface area contributed by atoms with Crippen LogP contribution in [0.2, 0.25) is 0 Å². The van der Waals surface area contributed by atoms with Crippen LogP contribution in [0.1, 0.15) is 39.2 Å². The van der Waals surface area contributed by atoms with E-state index in [9.17, 15) is 4.79 Å². The van der Waals surface area contributed by atoms with Crippen LogP contribution in [0.15, 0.2) is 30.3 Å². The fraction of sp³-hybridized carbons (Fsp3) is 0.611. The molecular weight excluding hydrogens is 246 g/mol. The molecule has 0 unspecified atom stereocenters. The third kappa shape index (κ3) is 4.17. The Morgan fingerprint density at radius 3 is 2.35 bits per heavy atom. The van der Waals surface area contributed by atoms with Gasteiger partial charge in [-0.3, -0.25) is 4.79 Å². The Kier molecular flexibility index (Phi) is 4.98. The summed E-state index contributed by atoms with van der Waals surface area (Å²) in [6.07, 6.45) is 3.70. The standard InChI is InChI=1S/C18H27NO/c1-15(20)18(2,3)14-19-11-9-17(10-12-19)13-16-7-5-4-6-8-16/h4-8,17H,9-14H2,1-3H3. The van der Waals surface area contributed by atoms with Gasteiger partial charge in [-0.2, -0.15) is 0 Å². The number of likely N-dealkylation sites (tertiary alicyclic amines) is 1. The highest BCUT2D eigenvalue weighted by atomic mass is 16.1. The minimum atomic E-state index is -0.202. The summed E-state index contributed by atoms with van der Waals surface area (Å²) in [5.74, 6) is 1.10. The fourth-order valence-corrected chi connectivity index (χ4v) is 2.97. The highest BCUT2D eigenvalue weighted by Crippen LogP contribution is 2.25. The van der Waals surface area contributed by atoms with E-state index in [1.807, 2.05) is 0 Å². The van der Waals surface area contributed by atoms with Crippen LogP contribution in [-0.2, 0) is 11.2 Å². The Morgan fingerprint density at radius 1 is 1.20 bits per heavy atom. The molecule has 0 radical (unpaired) electrons. The molecule has 0 atom stereocenters. The number of benzene rings is 1. The molecule has 1 aliphatic rings. The molecule has 2 heteroatoms. The van der Waals surface area contributed by atoms with Crippen molar-refractivity contribution in [3.05, 3.63) is 35.9 Å². The molecule has 2 rings (SSSR count). The smallest absolute Gasteiger partial charge is 0.136 e. The summed E-state index contributed by atoms with van der Waals surface area (Å²) in [7, 11) is 0. The van der Waals surface area contributed by atoms with E-state index in [1.54, 1.807) is 6.92 Å². The van der Waals surface area contributed by atoms with Crippen molar-refractivity contribution in [3.63, 3.8) is 0 Å². The summed E-state index contributed by atoms with van der Waals surface area (Å²) in [4.78, 5) is 14.1. The van der Waals surface area contributed by atoms with E-state index in [0.717, 1.165) is 25.6 Å². The quantitative estimate of drug-likeness (QED) is 0.817. The lowest BCUT2D eigenvalue weighted by molar-refractivity contribution is -0.126. The third-order valence-corrected chi connectivity index (χ3v) is 4.65. The minimum absolute atomic E-state index is 0.202. The van der Waals surface area contributed by atoms with Gasteiger partial charge in [0.2, 0.25) is 0 Å². The van der Waals surface area contributed by atoms with E-state index in [4.69, 9.17) is 0 Å². The van der Waals surface area contributed by atoms with Gasteiger partial charge in [0, 0.05) is 12.0 Å². The molecule has 2 nitrogen and oxygen atoms in total. The van der Waals surface area contributed by atoms with Gasteiger partial charge in [0.25, 0.3) is 0 Å². The van der Waals surface area contributed by atoms with Crippen LogP contribution < -0.4 is 0 Å². The maximum Gasteiger partial charge on any atom is 0.136 e. The van der Waals surface area contributed by atoms with Crippen LogP contribution in [0.25, 0.3) is 0 Å². The van der Waals surface area contributed by atoms with Crippen molar-refractivity contribution in [2.24, 2.45) is 11.3 Å². The molecule has 1 aromatic rings. The molecule has 1 saturated heterocycles. The molecule has 0 aliphatic carbocycles. The molecule has 0 amide bonds. The number of nitrogens with zero attached hydrogens (tertiary/aromatic N) is 1. The minimum Gasteiger partial charge on any atom is -0.302 e. The Hall–Kier alpha value is -1.15.